The Balaban J connectivity index is 0.00000172. The van der Waals surface area contributed by atoms with Gasteiger partial charge in [-0.3, -0.25) is 14.7 Å². The first-order chi connectivity index (χ1) is 18.1. The van der Waals surface area contributed by atoms with Gasteiger partial charge in [-0.25, -0.2) is 0 Å². The molecular formula is C32H51N5O. The number of aliphatic imine (C=N–C) groups is 1. The number of amides is 1. The predicted molar refractivity (Wildman–Crippen MR) is 167 cm³/mol. The van der Waals surface area contributed by atoms with E-state index in [0.717, 1.165) is 92.3 Å². The minimum absolute atomic E-state index is 0.218. The lowest BCUT2D eigenvalue weighted by molar-refractivity contribution is -0.127. The molecule has 2 N–H and O–H groups in total. The van der Waals surface area contributed by atoms with Crippen LogP contribution in [0.15, 0.2) is 66.2 Å². The Labute approximate surface area is 232 Å². The van der Waals surface area contributed by atoms with Crippen molar-refractivity contribution in [1.82, 2.24) is 9.80 Å². The number of hydrogen-bond donors (Lipinski definition) is 1. The Kier molecular flexibility index (Phi) is 14.0. The largest absolute Gasteiger partial charge is 0.371 e. The molecule has 6 heteroatoms. The van der Waals surface area contributed by atoms with Crippen LogP contribution >= 0.6 is 0 Å². The zero-order chi connectivity index (χ0) is 28.9. The van der Waals surface area contributed by atoms with Gasteiger partial charge in [-0.1, -0.05) is 66.5 Å². The third-order valence-electron chi connectivity index (χ3n) is 7.23. The molecule has 1 aromatic rings. The van der Waals surface area contributed by atoms with Gasteiger partial charge < -0.3 is 15.5 Å². The second kappa shape index (κ2) is 16.1. The fourth-order valence-corrected chi connectivity index (χ4v) is 4.44. The van der Waals surface area contributed by atoms with Crippen molar-refractivity contribution in [1.29, 1.82) is 0 Å². The second-order valence-corrected chi connectivity index (χ2v) is 9.85. The molecule has 2 heterocycles. The topological polar surface area (TPSA) is 65.2 Å². The van der Waals surface area contributed by atoms with E-state index in [0.29, 0.717) is 0 Å². The van der Waals surface area contributed by atoms with Crippen LogP contribution in [0.5, 0.6) is 0 Å². The van der Waals surface area contributed by atoms with Gasteiger partial charge in [0.25, 0.3) is 0 Å². The summed E-state index contributed by atoms with van der Waals surface area (Å²) < 4.78 is 0. The third-order valence-corrected chi connectivity index (χ3v) is 7.23. The van der Waals surface area contributed by atoms with E-state index in [2.05, 4.69) is 59.3 Å². The smallest absolute Gasteiger partial charge is 0.223 e. The van der Waals surface area contributed by atoms with Crippen LogP contribution in [0.2, 0.25) is 0 Å². The number of piperidine rings is 1. The van der Waals surface area contributed by atoms with E-state index in [-0.39, 0.29) is 5.91 Å². The van der Waals surface area contributed by atoms with E-state index in [9.17, 15) is 4.79 Å². The Hall–Kier alpha value is -2.96. The van der Waals surface area contributed by atoms with Gasteiger partial charge in [0.15, 0.2) is 0 Å². The number of anilines is 1. The molecule has 3 rings (SSSR count). The average Bonchev–Trinajstić information content (AvgIpc) is 2.94. The molecule has 0 radical (unpaired) electrons. The lowest BCUT2D eigenvalue weighted by Gasteiger charge is -2.38. The summed E-state index contributed by atoms with van der Waals surface area (Å²) in [5.41, 5.74) is 10.6. The van der Waals surface area contributed by atoms with Crippen molar-refractivity contribution in [2.45, 2.75) is 47.5 Å². The van der Waals surface area contributed by atoms with E-state index < -0.39 is 5.41 Å². The van der Waals surface area contributed by atoms with Crippen LogP contribution in [0.1, 0.15) is 53.0 Å². The zero-order valence-electron chi connectivity index (χ0n) is 24.9. The van der Waals surface area contributed by atoms with Crippen molar-refractivity contribution in [3.05, 3.63) is 66.8 Å². The molecule has 0 saturated carbocycles. The number of benzene rings is 1. The highest BCUT2D eigenvalue weighted by molar-refractivity contribution is 5.87. The molecule has 2 saturated heterocycles. The third kappa shape index (κ3) is 9.10. The number of nitrogens with zero attached hydrogens (tertiary/aromatic N) is 4. The summed E-state index contributed by atoms with van der Waals surface area (Å²) in [6.07, 6.45) is 5.50. The monoisotopic (exact) mass is 521 g/mol. The summed E-state index contributed by atoms with van der Waals surface area (Å²) in [5, 5.41) is 0. The van der Waals surface area contributed by atoms with Gasteiger partial charge in [-0.05, 0) is 61.5 Å². The van der Waals surface area contributed by atoms with Gasteiger partial charge in [0, 0.05) is 62.5 Å². The molecule has 1 aromatic carbocycles. The minimum Gasteiger partial charge on any atom is -0.371 e. The maximum Gasteiger partial charge on any atom is 0.223 e. The van der Waals surface area contributed by atoms with Gasteiger partial charge in [-0.15, -0.1) is 0 Å². The maximum atomic E-state index is 11.8. The number of allylic oxidation sites excluding steroid dienone is 3. The maximum absolute atomic E-state index is 11.8. The summed E-state index contributed by atoms with van der Waals surface area (Å²) in [6, 6.07) is 6.11. The van der Waals surface area contributed by atoms with E-state index >= 15 is 0 Å². The van der Waals surface area contributed by atoms with Crippen molar-refractivity contribution < 1.29 is 4.79 Å². The number of carbonyl (C=O) groups is 1. The summed E-state index contributed by atoms with van der Waals surface area (Å²) in [4.78, 5) is 23.1. The van der Waals surface area contributed by atoms with E-state index in [4.69, 9.17) is 5.73 Å². The van der Waals surface area contributed by atoms with Crippen LogP contribution in [0.3, 0.4) is 0 Å². The fraction of sp³-hybridized carbons (Fsp3) is 0.500. The molecule has 2 aliphatic heterocycles. The zero-order valence-corrected chi connectivity index (χ0v) is 24.9. The molecule has 0 atom stereocenters. The summed E-state index contributed by atoms with van der Waals surface area (Å²) in [7, 11) is 2.16. The van der Waals surface area contributed by atoms with Crippen molar-refractivity contribution in [3.8, 4) is 0 Å². The van der Waals surface area contributed by atoms with Crippen LogP contribution in [0.4, 0.5) is 11.4 Å². The molecule has 0 bridgehead atoms. The number of primary amides is 1. The normalized spacial score (nSPS) is 17.5. The van der Waals surface area contributed by atoms with Crippen LogP contribution < -0.4 is 10.6 Å². The van der Waals surface area contributed by atoms with Crippen LogP contribution in [0.25, 0.3) is 5.57 Å². The molecule has 210 valence electrons. The first kappa shape index (κ1) is 33.1. The summed E-state index contributed by atoms with van der Waals surface area (Å²) in [6.45, 7) is 33.2. The van der Waals surface area contributed by atoms with Crippen molar-refractivity contribution in [2.75, 3.05) is 57.8 Å². The number of piperazine rings is 1. The molecule has 38 heavy (non-hydrogen) atoms. The van der Waals surface area contributed by atoms with Gasteiger partial charge in [-0.2, -0.15) is 0 Å². The molecule has 0 unspecified atom stereocenters. The average molecular weight is 522 g/mol. The highest BCUT2D eigenvalue weighted by Crippen LogP contribution is 2.37. The predicted octanol–water partition coefficient (Wildman–Crippen LogP) is 6.09. The quantitative estimate of drug-likeness (QED) is 0.315. The number of rotatable bonds is 9. The van der Waals surface area contributed by atoms with Crippen LogP contribution in [0, 0.1) is 5.41 Å². The first-order valence-corrected chi connectivity index (χ1v) is 13.9. The SMILES string of the molecule is C=Nc1ccc(N2CCC(C)(C(N)=O)CC2)cc1C(=C)C(=C)/C=C\C(=C)CN1CCN(C)CC1.CC.CC. The highest BCUT2D eigenvalue weighted by atomic mass is 16.1. The van der Waals surface area contributed by atoms with Gasteiger partial charge >= 0.3 is 0 Å². The number of carbonyl (C=O) groups excluding carboxylic acids is 1. The molecule has 6 nitrogen and oxygen atoms in total. The Morgan fingerprint density at radius 2 is 1.58 bits per heavy atom. The minimum atomic E-state index is -0.433. The highest BCUT2D eigenvalue weighted by Gasteiger charge is 2.35. The van der Waals surface area contributed by atoms with E-state index in [1.807, 2.05) is 58.9 Å². The summed E-state index contributed by atoms with van der Waals surface area (Å²) >= 11 is 0. The molecule has 0 spiro atoms. The van der Waals surface area contributed by atoms with Crippen molar-refractivity contribution in [2.24, 2.45) is 16.1 Å². The lowest BCUT2D eigenvalue weighted by Crippen LogP contribution is -2.45. The lowest BCUT2D eigenvalue weighted by atomic mass is 9.79. The Bertz CT molecular complexity index is 993. The second-order valence-electron chi connectivity index (χ2n) is 9.85. The number of hydrogen-bond acceptors (Lipinski definition) is 5. The van der Waals surface area contributed by atoms with Crippen LogP contribution in [-0.2, 0) is 4.79 Å². The van der Waals surface area contributed by atoms with Crippen molar-refractivity contribution in [3.63, 3.8) is 0 Å². The van der Waals surface area contributed by atoms with E-state index in [1.54, 1.807) is 0 Å². The summed E-state index contributed by atoms with van der Waals surface area (Å²) in [5.74, 6) is -0.218. The molecular weight excluding hydrogens is 470 g/mol. The number of nitrogens with two attached hydrogens (primary N) is 1. The van der Waals surface area contributed by atoms with E-state index in [1.165, 1.54) is 0 Å². The molecule has 0 aromatic heterocycles. The standard InChI is InChI=1S/C28H39N5O.2C2H6/c1-21(20-32-17-15-31(6)16-18-32)7-8-22(2)23(3)25-19-24(9-10-26(25)30-5)33-13-11-28(4,12-14-33)27(29)34;2*1-2/h7-10,19H,1-3,5,11-18,20H2,4,6H3,(H2,29,34);2*1-2H3/b8-7-;;. The first-order valence-electron chi connectivity index (χ1n) is 13.9. The molecule has 0 aliphatic carbocycles. The van der Waals surface area contributed by atoms with Gasteiger partial charge in [0.05, 0.1) is 5.69 Å². The molecule has 1 amide bonds. The molecule has 2 fully saturated rings. The van der Waals surface area contributed by atoms with Crippen LogP contribution in [-0.4, -0.2) is 75.3 Å². The molecule has 2 aliphatic rings. The Morgan fingerprint density at radius 1 is 1.00 bits per heavy atom. The Morgan fingerprint density at radius 3 is 2.11 bits per heavy atom. The van der Waals surface area contributed by atoms with Gasteiger partial charge in [0.1, 0.15) is 0 Å². The van der Waals surface area contributed by atoms with Crippen molar-refractivity contribution >= 4 is 29.6 Å². The number of likely N-dealkylation sites (N-methyl/N-ethyl adjacent to an activating group) is 1. The fourth-order valence-electron chi connectivity index (χ4n) is 4.44. The van der Waals surface area contributed by atoms with Gasteiger partial charge in [0.2, 0.25) is 5.91 Å².